The van der Waals surface area contributed by atoms with Crippen LogP contribution < -0.4 is 10.6 Å². The normalized spacial score (nSPS) is 11.7. The third-order valence-corrected chi connectivity index (χ3v) is 3.09. The first-order valence-corrected chi connectivity index (χ1v) is 6.27. The standard InChI is InChI=1S/C15H22N2O/c1-5-17(4)15-7-6-12(16)10-14(15)13(8-9-18)11(2)3/h6-11H,5,16H2,1-4H3/b13-8-. The first kappa shape index (κ1) is 14.3. The average molecular weight is 246 g/mol. The number of nitrogens with two attached hydrogens (primary N) is 1. The van der Waals surface area contributed by atoms with E-state index >= 15 is 0 Å². The molecule has 0 aromatic heterocycles. The molecule has 0 aliphatic carbocycles. The molecule has 1 aromatic rings. The van der Waals surface area contributed by atoms with Crippen molar-refractivity contribution in [3.63, 3.8) is 0 Å². The lowest BCUT2D eigenvalue weighted by molar-refractivity contribution is -0.104. The van der Waals surface area contributed by atoms with Gasteiger partial charge < -0.3 is 10.6 Å². The molecule has 0 saturated heterocycles. The third-order valence-electron chi connectivity index (χ3n) is 3.09. The molecule has 0 atom stereocenters. The smallest absolute Gasteiger partial charge is 0.143 e. The molecule has 1 aromatic carbocycles. The fraction of sp³-hybridized carbons (Fsp3) is 0.400. The Balaban J connectivity index is 3.39. The molecule has 1 rings (SSSR count). The summed E-state index contributed by atoms with van der Waals surface area (Å²) in [6.45, 7) is 7.16. The second kappa shape index (κ2) is 6.24. The van der Waals surface area contributed by atoms with Crippen LogP contribution in [-0.4, -0.2) is 19.9 Å². The van der Waals surface area contributed by atoms with Gasteiger partial charge in [0.15, 0.2) is 0 Å². The number of benzene rings is 1. The van der Waals surface area contributed by atoms with Gasteiger partial charge in [0.05, 0.1) is 0 Å². The summed E-state index contributed by atoms with van der Waals surface area (Å²) >= 11 is 0. The van der Waals surface area contributed by atoms with Gasteiger partial charge in [-0.2, -0.15) is 0 Å². The molecule has 3 nitrogen and oxygen atoms in total. The first-order valence-electron chi connectivity index (χ1n) is 6.27. The lowest BCUT2D eigenvalue weighted by atomic mass is 9.93. The second-order valence-electron chi connectivity index (χ2n) is 4.70. The number of carbonyl (C=O) groups is 1. The van der Waals surface area contributed by atoms with Crippen LogP contribution in [0.15, 0.2) is 24.3 Å². The van der Waals surface area contributed by atoms with Crippen LogP contribution in [0.3, 0.4) is 0 Å². The number of nitrogens with zero attached hydrogens (tertiary/aromatic N) is 1. The van der Waals surface area contributed by atoms with Crippen molar-refractivity contribution in [2.75, 3.05) is 24.2 Å². The van der Waals surface area contributed by atoms with Crippen molar-refractivity contribution in [3.8, 4) is 0 Å². The summed E-state index contributed by atoms with van der Waals surface area (Å²) in [6.07, 6.45) is 2.47. The fourth-order valence-corrected chi connectivity index (χ4v) is 1.95. The third kappa shape index (κ3) is 3.13. The molecule has 0 amide bonds. The second-order valence-corrected chi connectivity index (χ2v) is 4.70. The van der Waals surface area contributed by atoms with Crippen molar-refractivity contribution >= 4 is 23.2 Å². The molecular weight excluding hydrogens is 224 g/mol. The Kier molecular flexibility index (Phi) is 4.95. The molecule has 3 heteroatoms. The van der Waals surface area contributed by atoms with Crippen LogP contribution in [0.25, 0.3) is 5.57 Å². The van der Waals surface area contributed by atoms with Gasteiger partial charge in [-0.3, -0.25) is 4.79 Å². The number of rotatable bonds is 5. The minimum absolute atomic E-state index is 0.279. The molecule has 0 bridgehead atoms. The van der Waals surface area contributed by atoms with Crippen molar-refractivity contribution in [1.29, 1.82) is 0 Å². The Labute approximate surface area is 109 Å². The highest BCUT2D eigenvalue weighted by Gasteiger charge is 2.13. The Bertz CT molecular complexity index is 450. The molecule has 0 saturated carbocycles. The number of nitrogen functional groups attached to an aromatic ring is 1. The Hall–Kier alpha value is -1.77. The molecule has 0 fully saturated rings. The van der Waals surface area contributed by atoms with Crippen LogP contribution in [0.2, 0.25) is 0 Å². The fourth-order valence-electron chi connectivity index (χ4n) is 1.95. The van der Waals surface area contributed by atoms with E-state index in [2.05, 4.69) is 25.7 Å². The lowest BCUT2D eigenvalue weighted by Gasteiger charge is -2.23. The number of hydrogen-bond donors (Lipinski definition) is 1. The van der Waals surface area contributed by atoms with E-state index in [0.29, 0.717) is 0 Å². The van der Waals surface area contributed by atoms with E-state index in [1.54, 1.807) is 6.08 Å². The summed E-state index contributed by atoms with van der Waals surface area (Å²) < 4.78 is 0. The maximum atomic E-state index is 10.8. The van der Waals surface area contributed by atoms with Crippen LogP contribution in [-0.2, 0) is 4.79 Å². The minimum atomic E-state index is 0.279. The summed E-state index contributed by atoms with van der Waals surface area (Å²) in [5.41, 5.74) is 9.76. The van der Waals surface area contributed by atoms with E-state index in [0.717, 1.165) is 35.3 Å². The Morgan fingerprint density at radius 1 is 1.44 bits per heavy atom. The summed E-state index contributed by atoms with van der Waals surface area (Å²) in [4.78, 5) is 13.0. The molecule has 0 aliphatic heterocycles. The number of allylic oxidation sites excluding steroid dienone is 2. The van der Waals surface area contributed by atoms with Crippen LogP contribution in [0, 0.1) is 5.92 Å². The highest BCUT2D eigenvalue weighted by Crippen LogP contribution is 2.32. The van der Waals surface area contributed by atoms with Crippen molar-refractivity contribution in [3.05, 3.63) is 29.8 Å². The van der Waals surface area contributed by atoms with E-state index in [1.165, 1.54) is 0 Å². The van der Waals surface area contributed by atoms with Crippen molar-refractivity contribution in [1.82, 2.24) is 0 Å². The predicted molar refractivity (Wildman–Crippen MR) is 78.7 cm³/mol. The van der Waals surface area contributed by atoms with Crippen LogP contribution in [0.5, 0.6) is 0 Å². The van der Waals surface area contributed by atoms with E-state index in [9.17, 15) is 4.79 Å². The zero-order valence-corrected chi connectivity index (χ0v) is 11.6. The maximum absolute atomic E-state index is 10.8. The molecule has 18 heavy (non-hydrogen) atoms. The molecule has 2 N–H and O–H groups in total. The van der Waals surface area contributed by atoms with E-state index in [4.69, 9.17) is 5.73 Å². The van der Waals surface area contributed by atoms with E-state index in [-0.39, 0.29) is 5.92 Å². The van der Waals surface area contributed by atoms with Crippen molar-refractivity contribution in [2.24, 2.45) is 5.92 Å². The zero-order valence-electron chi connectivity index (χ0n) is 11.6. The molecular formula is C15H22N2O. The molecule has 98 valence electrons. The van der Waals surface area contributed by atoms with E-state index < -0.39 is 0 Å². The van der Waals surface area contributed by atoms with E-state index in [1.807, 2.05) is 25.2 Å². The molecule has 0 heterocycles. The van der Waals surface area contributed by atoms with Crippen LogP contribution >= 0.6 is 0 Å². The number of hydrogen-bond acceptors (Lipinski definition) is 3. The lowest BCUT2D eigenvalue weighted by Crippen LogP contribution is -2.18. The van der Waals surface area contributed by atoms with Gasteiger partial charge in [0.25, 0.3) is 0 Å². The van der Waals surface area contributed by atoms with Gasteiger partial charge >= 0.3 is 0 Å². The van der Waals surface area contributed by atoms with Gasteiger partial charge in [0.1, 0.15) is 6.29 Å². The highest BCUT2D eigenvalue weighted by molar-refractivity contribution is 5.87. The molecule has 0 spiro atoms. The topological polar surface area (TPSA) is 46.3 Å². The first-order chi connectivity index (χ1) is 8.51. The number of aldehydes is 1. The van der Waals surface area contributed by atoms with Crippen molar-refractivity contribution in [2.45, 2.75) is 20.8 Å². The summed E-state index contributed by atoms with van der Waals surface area (Å²) in [7, 11) is 2.04. The van der Waals surface area contributed by atoms with Gasteiger partial charge in [0, 0.05) is 30.5 Å². The quantitative estimate of drug-likeness (QED) is 0.493. The number of carbonyl (C=O) groups excluding carboxylic acids is 1. The van der Waals surface area contributed by atoms with Gasteiger partial charge in [-0.1, -0.05) is 13.8 Å². The van der Waals surface area contributed by atoms with Crippen LogP contribution in [0.1, 0.15) is 26.3 Å². The number of anilines is 2. The monoisotopic (exact) mass is 246 g/mol. The predicted octanol–water partition coefficient (Wildman–Crippen LogP) is 2.96. The zero-order chi connectivity index (χ0) is 13.7. The molecule has 0 aliphatic rings. The van der Waals surface area contributed by atoms with Gasteiger partial charge in [-0.15, -0.1) is 0 Å². The van der Waals surface area contributed by atoms with Gasteiger partial charge in [0.2, 0.25) is 0 Å². The average Bonchev–Trinajstić information content (AvgIpc) is 2.34. The van der Waals surface area contributed by atoms with Gasteiger partial charge in [-0.05, 0) is 42.7 Å². The SMILES string of the molecule is CCN(C)c1ccc(N)cc1/C(=C\C=O)C(C)C. The van der Waals surface area contributed by atoms with Crippen molar-refractivity contribution < 1.29 is 4.79 Å². The Morgan fingerprint density at radius 3 is 2.61 bits per heavy atom. The summed E-state index contributed by atoms with van der Waals surface area (Å²) in [6, 6.07) is 5.84. The summed E-state index contributed by atoms with van der Waals surface area (Å²) in [5.74, 6) is 0.279. The Morgan fingerprint density at radius 2 is 2.11 bits per heavy atom. The molecule has 0 unspecified atom stereocenters. The van der Waals surface area contributed by atoms with Crippen LogP contribution in [0.4, 0.5) is 11.4 Å². The highest BCUT2D eigenvalue weighted by atomic mass is 16.1. The summed E-state index contributed by atoms with van der Waals surface area (Å²) in [5, 5.41) is 0. The minimum Gasteiger partial charge on any atom is -0.399 e. The maximum Gasteiger partial charge on any atom is 0.143 e. The largest absolute Gasteiger partial charge is 0.399 e. The molecule has 0 radical (unpaired) electrons. The van der Waals surface area contributed by atoms with Gasteiger partial charge in [-0.25, -0.2) is 0 Å².